The van der Waals surface area contributed by atoms with E-state index >= 15 is 0 Å². The molecule has 0 atom stereocenters. The molecule has 0 spiro atoms. The molecular formula is C10H7F6N3OS. The van der Waals surface area contributed by atoms with Crippen molar-refractivity contribution >= 4 is 22.4 Å². The van der Waals surface area contributed by atoms with Crippen molar-refractivity contribution in [3.63, 3.8) is 0 Å². The van der Waals surface area contributed by atoms with Gasteiger partial charge in [-0.1, -0.05) is 23.2 Å². The lowest BCUT2D eigenvalue weighted by molar-refractivity contribution is -0.272. The first-order valence-corrected chi connectivity index (χ1v) is 5.96. The van der Waals surface area contributed by atoms with Crippen LogP contribution in [-0.4, -0.2) is 29.8 Å². The van der Waals surface area contributed by atoms with Crippen LogP contribution in [0.3, 0.4) is 0 Å². The molecule has 0 fully saturated rings. The maximum Gasteiger partial charge on any atom is 0.409 e. The lowest BCUT2D eigenvalue weighted by Crippen LogP contribution is -2.45. The van der Waals surface area contributed by atoms with Gasteiger partial charge in [0, 0.05) is 0 Å². The van der Waals surface area contributed by atoms with Gasteiger partial charge in [-0.2, -0.15) is 26.3 Å². The number of hydrogen-bond acceptors (Lipinski definition) is 4. The minimum atomic E-state index is -5.75. The summed E-state index contributed by atoms with van der Waals surface area (Å²) < 4.78 is 73.8. The maximum atomic E-state index is 12.3. The Labute approximate surface area is 118 Å². The molecule has 1 amide bonds. The molecule has 0 saturated heterocycles. The molecule has 3 N–H and O–H groups in total. The molecule has 0 unspecified atom stereocenters. The van der Waals surface area contributed by atoms with Gasteiger partial charge < -0.3 is 11.1 Å². The second-order valence-electron chi connectivity index (χ2n) is 3.54. The molecule has 4 nitrogen and oxygen atoms in total. The highest BCUT2D eigenvalue weighted by molar-refractivity contribution is 7.16. The van der Waals surface area contributed by atoms with Crippen LogP contribution in [0, 0.1) is 17.8 Å². The summed E-state index contributed by atoms with van der Waals surface area (Å²) in [6.45, 7) is 0.0177. The number of thiazole rings is 1. The Bertz CT molecular complexity index is 554. The van der Waals surface area contributed by atoms with Crippen LogP contribution >= 0.6 is 11.3 Å². The topological polar surface area (TPSA) is 68.0 Å². The van der Waals surface area contributed by atoms with Crippen LogP contribution in [-0.2, 0) is 4.79 Å². The lowest BCUT2D eigenvalue weighted by Gasteiger charge is -2.21. The third kappa shape index (κ3) is 4.91. The zero-order valence-corrected chi connectivity index (χ0v) is 10.8. The van der Waals surface area contributed by atoms with Gasteiger partial charge >= 0.3 is 12.4 Å². The molecule has 0 aliphatic rings. The predicted molar refractivity (Wildman–Crippen MR) is 62.3 cm³/mol. The van der Waals surface area contributed by atoms with Crippen molar-refractivity contribution in [2.24, 2.45) is 11.7 Å². The fraction of sp³-hybridized carbons (Fsp3) is 0.400. The number of amides is 1. The molecule has 1 aromatic rings. The van der Waals surface area contributed by atoms with Crippen LogP contribution in [0.5, 0.6) is 0 Å². The van der Waals surface area contributed by atoms with Gasteiger partial charge in [0.2, 0.25) is 11.8 Å². The number of nitrogens with one attached hydrogen (secondary N) is 1. The molecule has 0 saturated carbocycles. The van der Waals surface area contributed by atoms with Crippen LogP contribution in [0.2, 0.25) is 0 Å². The lowest BCUT2D eigenvalue weighted by atomic mass is 10.1. The molecule has 0 aliphatic heterocycles. The average molecular weight is 331 g/mol. The number of carbonyl (C=O) groups excluding carboxylic acids is 1. The van der Waals surface area contributed by atoms with E-state index in [9.17, 15) is 31.1 Å². The first-order valence-electron chi connectivity index (χ1n) is 5.14. The molecular weight excluding hydrogens is 324 g/mol. The fourth-order valence-corrected chi connectivity index (χ4v) is 1.88. The standard InChI is InChI=1S/C10H7F6N3OS/c11-9(12,13)6(10(14,15)16)7(20)19-8-18-4-5(21-8)2-1-3-17/h4,6H,3,17H2,(H,18,19,20). The molecule has 21 heavy (non-hydrogen) atoms. The third-order valence-electron chi connectivity index (χ3n) is 1.97. The third-order valence-corrected chi connectivity index (χ3v) is 2.79. The van der Waals surface area contributed by atoms with Gasteiger partial charge in [-0.15, -0.1) is 0 Å². The minimum Gasteiger partial charge on any atom is -0.320 e. The summed E-state index contributed by atoms with van der Waals surface area (Å²) in [6, 6.07) is 0. The van der Waals surface area contributed by atoms with Crippen LogP contribution in [0.15, 0.2) is 6.20 Å². The van der Waals surface area contributed by atoms with Gasteiger partial charge in [-0.05, 0) is 0 Å². The summed E-state index contributed by atoms with van der Waals surface area (Å²) in [5.41, 5.74) is 5.09. The number of aromatic nitrogens is 1. The predicted octanol–water partition coefficient (Wildman–Crippen LogP) is 2.13. The number of anilines is 1. The van der Waals surface area contributed by atoms with Gasteiger partial charge in [0.05, 0.1) is 17.6 Å². The van der Waals surface area contributed by atoms with Crippen molar-refractivity contribution in [2.75, 3.05) is 11.9 Å². The smallest absolute Gasteiger partial charge is 0.320 e. The Morgan fingerprint density at radius 1 is 1.33 bits per heavy atom. The second-order valence-corrected chi connectivity index (χ2v) is 4.57. The van der Waals surface area contributed by atoms with E-state index in [0.717, 1.165) is 6.20 Å². The van der Waals surface area contributed by atoms with Crippen molar-refractivity contribution < 1.29 is 31.1 Å². The van der Waals surface area contributed by atoms with Crippen molar-refractivity contribution in [1.29, 1.82) is 0 Å². The van der Waals surface area contributed by atoms with Gasteiger partial charge in [0.1, 0.15) is 0 Å². The summed E-state index contributed by atoms with van der Waals surface area (Å²) in [6.07, 6.45) is -10.4. The quantitative estimate of drug-likeness (QED) is 0.644. The number of halogens is 6. The zero-order chi connectivity index (χ0) is 16.3. The van der Waals surface area contributed by atoms with E-state index in [1.54, 1.807) is 0 Å². The number of nitrogens with zero attached hydrogens (tertiary/aromatic N) is 1. The summed E-state index contributed by atoms with van der Waals surface area (Å²) in [5.74, 6) is -1.47. The van der Waals surface area contributed by atoms with Crippen molar-refractivity contribution in [2.45, 2.75) is 12.4 Å². The van der Waals surface area contributed by atoms with E-state index in [4.69, 9.17) is 5.73 Å². The summed E-state index contributed by atoms with van der Waals surface area (Å²) in [4.78, 5) is 14.9. The fourth-order valence-electron chi connectivity index (χ4n) is 1.19. The first kappa shape index (κ1) is 17.3. The zero-order valence-electron chi connectivity index (χ0n) is 9.97. The normalized spacial score (nSPS) is 12.0. The number of hydrogen-bond donors (Lipinski definition) is 2. The highest BCUT2D eigenvalue weighted by Gasteiger charge is 2.61. The molecule has 0 aromatic carbocycles. The highest BCUT2D eigenvalue weighted by atomic mass is 32.1. The number of carbonyl (C=O) groups is 1. The van der Waals surface area contributed by atoms with Crippen LogP contribution < -0.4 is 11.1 Å². The van der Waals surface area contributed by atoms with E-state index in [1.165, 1.54) is 5.32 Å². The van der Waals surface area contributed by atoms with E-state index in [2.05, 4.69) is 16.8 Å². The van der Waals surface area contributed by atoms with E-state index in [1.807, 2.05) is 0 Å². The Morgan fingerprint density at radius 2 is 1.90 bits per heavy atom. The second kappa shape index (κ2) is 6.31. The molecule has 1 aromatic heterocycles. The number of rotatable bonds is 2. The molecule has 1 rings (SSSR count). The molecule has 1 heterocycles. The van der Waals surface area contributed by atoms with Crippen LogP contribution in [0.25, 0.3) is 0 Å². The van der Waals surface area contributed by atoms with Crippen molar-refractivity contribution in [3.05, 3.63) is 11.1 Å². The van der Waals surface area contributed by atoms with Crippen LogP contribution in [0.1, 0.15) is 4.88 Å². The van der Waals surface area contributed by atoms with E-state index < -0.39 is 29.3 Å². The molecule has 0 radical (unpaired) electrons. The average Bonchev–Trinajstić information content (AvgIpc) is 2.69. The van der Waals surface area contributed by atoms with E-state index in [0.29, 0.717) is 11.3 Å². The molecule has 116 valence electrons. The SMILES string of the molecule is NCC#Cc1cnc(NC(=O)C(C(F)(F)F)C(F)(F)F)s1. The van der Waals surface area contributed by atoms with Gasteiger partial charge in [-0.3, -0.25) is 4.79 Å². The van der Waals surface area contributed by atoms with Crippen molar-refractivity contribution in [1.82, 2.24) is 4.98 Å². The Morgan fingerprint density at radius 3 is 2.38 bits per heavy atom. The van der Waals surface area contributed by atoms with Gasteiger partial charge in [-0.25, -0.2) is 4.98 Å². The maximum absolute atomic E-state index is 12.3. The van der Waals surface area contributed by atoms with Crippen molar-refractivity contribution in [3.8, 4) is 11.8 Å². The summed E-state index contributed by atoms with van der Waals surface area (Å²) in [7, 11) is 0. The van der Waals surface area contributed by atoms with E-state index in [-0.39, 0.29) is 11.4 Å². The first-order chi connectivity index (χ1) is 9.55. The van der Waals surface area contributed by atoms with Crippen LogP contribution in [0.4, 0.5) is 31.5 Å². The van der Waals surface area contributed by atoms with Gasteiger partial charge in [0.25, 0.3) is 0 Å². The molecule has 0 bridgehead atoms. The van der Waals surface area contributed by atoms with Gasteiger partial charge in [0.15, 0.2) is 5.13 Å². The number of alkyl halides is 6. The Hall–Kier alpha value is -1.80. The Balaban J connectivity index is 2.90. The monoisotopic (exact) mass is 331 g/mol. The largest absolute Gasteiger partial charge is 0.409 e. The highest BCUT2D eigenvalue weighted by Crippen LogP contribution is 2.40. The minimum absolute atomic E-state index is 0.0177. The Kier molecular flexibility index (Phi) is 5.19. The summed E-state index contributed by atoms with van der Waals surface area (Å²) in [5, 5.41) is 1.06. The summed E-state index contributed by atoms with van der Waals surface area (Å²) >= 11 is 0.633. The number of nitrogens with two attached hydrogens (primary N) is 1. The molecule has 0 aliphatic carbocycles. The molecule has 11 heteroatoms.